The average Bonchev–Trinajstić information content (AvgIpc) is 3.27. The van der Waals surface area contributed by atoms with Crippen LogP contribution >= 0.6 is 7.82 Å². The van der Waals surface area contributed by atoms with E-state index in [0.717, 1.165) is 12.8 Å². The highest BCUT2D eigenvalue weighted by molar-refractivity contribution is 7.48. The van der Waals surface area contributed by atoms with E-state index in [1.807, 2.05) is 13.8 Å². The van der Waals surface area contributed by atoms with Crippen molar-refractivity contribution in [2.45, 2.75) is 64.1 Å². The molecule has 0 aliphatic carbocycles. The second-order valence-electron chi connectivity index (χ2n) is 8.87. The molecule has 3 rings (SSSR count). The Labute approximate surface area is 230 Å². The zero-order chi connectivity index (χ0) is 28.1. The summed E-state index contributed by atoms with van der Waals surface area (Å²) in [7, 11) is -2.68. The minimum Gasteiger partial charge on any atom is -0.459 e. The molecule has 4 atom stereocenters. The van der Waals surface area contributed by atoms with Crippen LogP contribution in [0.15, 0.2) is 60.7 Å². The van der Waals surface area contributed by atoms with E-state index in [9.17, 15) is 14.2 Å². The molecule has 1 heterocycles. The van der Waals surface area contributed by atoms with E-state index < -0.39 is 44.4 Å². The van der Waals surface area contributed by atoms with Gasteiger partial charge in [-0.15, -0.1) is 0 Å². The molecule has 0 saturated carbocycles. The summed E-state index contributed by atoms with van der Waals surface area (Å²) in [6.45, 7) is 3.99. The van der Waals surface area contributed by atoms with Crippen molar-refractivity contribution in [3.05, 3.63) is 71.8 Å². The van der Waals surface area contributed by atoms with Crippen molar-refractivity contribution in [1.82, 2.24) is 0 Å². The highest BCUT2D eigenvalue weighted by atomic mass is 31.2. The van der Waals surface area contributed by atoms with Gasteiger partial charge in [-0.05, 0) is 37.1 Å². The number of carbonyl (C=O) groups is 2. The maximum atomic E-state index is 13.5. The Morgan fingerprint density at radius 3 is 1.90 bits per heavy atom. The van der Waals surface area contributed by atoms with Crippen molar-refractivity contribution in [3.8, 4) is 0 Å². The fourth-order valence-corrected chi connectivity index (χ4v) is 5.07. The first kappa shape index (κ1) is 31.0. The molecule has 212 valence electrons. The third-order valence-corrected chi connectivity index (χ3v) is 7.37. The van der Waals surface area contributed by atoms with E-state index in [1.165, 1.54) is 8.05 Å². The monoisotopic (exact) mass is 562 g/mol. The van der Waals surface area contributed by atoms with Gasteiger partial charge in [0.2, 0.25) is 0 Å². The SMILES string of the molecule is BOC1C(OP(=O)(OCCCC)OCCCC)OC(COC(=O)c2ccccc2)C1OC(=O)c1ccccc1. The Balaban J connectivity index is 1.79. The van der Waals surface area contributed by atoms with E-state index in [-0.39, 0.29) is 19.8 Å². The van der Waals surface area contributed by atoms with Crippen molar-refractivity contribution in [2.75, 3.05) is 19.8 Å². The number of hydrogen-bond acceptors (Lipinski definition) is 10. The van der Waals surface area contributed by atoms with Gasteiger partial charge in [0.05, 0.1) is 24.3 Å². The Kier molecular flexibility index (Phi) is 12.7. The summed E-state index contributed by atoms with van der Waals surface area (Å²) in [5, 5.41) is 0. The van der Waals surface area contributed by atoms with E-state index in [2.05, 4.69) is 0 Å². The summed E-state index contributed by atoms with van der Waals surface area (Å²) < 4.78 is 53.1. The molecule has 0 spiro atoms. The van der Waals surface area contributed by atoms with Crippen LogP contribution in [0.1, 0.15) is 60.2 Å². The summed E-state index contributed by atoms with van der Waals surface area (Å²) in [5.41, 5.74) is 0.663. The number of ether oxygens (including phenoxy) is 3. The molecule has 1 fully saturated rings. The number of unbranched alkanes of at least 4 members (excludes halogenated alkanes) is 2. The molecule has 0 N–H and O–H groups in total. The molecule has 12 heteroatoms. The van der Waals surface area contributed by atoms with Crippen LogP contribution in [0.25, 0.3) is 0 Å². The molecular weight excluding hydrogens is 526 g/mol. The number of phosphoric acid groups is 1. The minimum absolute atomic E-state index is 0.162. The van der Waals surface area contributed by atoms with E-state index in [1.54, 1.807) is 60.7 Å². The van der Waals surface area contributed by atoms with Crippen molar-refractivity contribution < 1.29 is 46.6 Å². The van der Waals surface area contributed by atoms with Crippen molar-refractivity contribution in [3.63, 3.8) is 0 Å². The van der Waals surface area contributed by atoms with Gasteiger partial charge in [0.1, 0.15) is 18.8 Å². The Morgan fingerprint density at radius 1 is 0.846 bits per heavy atom. The van der Waals surface area contributed by atoms with Gasteiger partial charge >= 0.3 is 19.8 Å². The second-order valence-corrected chi connectivity index (χ2v) is 10.5. The highest BCUT2D eigenvalue weighted by Crippen LogP contribution is 2.52. The number of phosphoric ester groups is 1. The third-order valence-electron chi connectivity index (χ3n) is 5.91. The zero-order valence-electron chi connectivity index (χ0n) is 22.6. The minimum atomic E-state index is -4.06. The number of esters is 2. The molecule has 0 radical (unpaired) electrons. The molecule has 4 unspecified atom stereocenters. The van der Waals surface area contributed by atoms with Gasteiger partial charge in [0, 0.05) is 0 Å². The van der Waals surface area contributed by atoms with E-state index in [4.69, 9.17) is 32.4 Å². The molecule has 1 aliphatic rings. The van der Waals surface area contributed by atoms with Gasteiger partial charge in [0.25, 0.3) is 8.05 Å². The first-order chi connectivity index (χ1) is 18.9. The van der Waals surface area contributed by atoms with Crippen LogP contribution in [0.3, 0.4) is 0 Å². The second kappa shape index (κ2) is 15.9. The molecule has 2 aromatic carbocycles. The first-order valence-electron chi connectivity index (χ1n) is 13.1. The third kappa shape index (κ3) is 9.27. The van der Waals surface area contributed by atoms with E-state index >= 15 is 0 Å². The van der Waals surface area contributed by atoms with Gasteiger partial charge < -0.3 is 18.9 Å². The summed E-state index contributed by atoms with van der Waals surface area (Å²) in [6.07, 6.45) is -1.41. The van der Waals surface area contributed by atoms with E-state index in [0.29, 0.717) is 24.0 Å². The maximum absolute atomic E-state index is 13.5. The van der Waals surface area contributed by atoms with Gasteiger partial charge in [-0.1, -0.05) is 63.1 Å². The summed E-state index contributed by atoms with van der Waals surface area (Å²) in [6, 6.07) is 16.8. The van der Waals surface area contributed by atoms with Crippen LogP contribution in [0.4, 0.5) is 0 Å². The van der Waals surface area contributed by atoms with Gasteiger partial charge in [0.15, 0.2) is 12.4 Å². The number of carbonyl (C=O) groups excluding carboxylic acids is 2. The van der Waals surface area contributed by atoms with Gasteiger partial charge in [-0.3, -0.25) is 13.6 Å². The number of hydrogen-bond donors (Lipinski definition) is 0. The lowest BCUT2D eigenvalue weighted by Crippen LogP contribution is -2.41. The fraction of sp³-hybridized carbons (Fsp3) is 0.481. The van der Waals surface area contributed by atoms with Crippen molar-refractivity contribution in [2.24, 2.45) is 0 Å². The molecular formula is C27H36BO10P. The number of rotatable bonds is 16. The number of benzene rings is 2. The van der Waals surface area contributed by atoms with Crippen molar-refractivity contribution in [1.29, 1.82) is 0 Å². The Hall–Kier alpha value is -2.53. The summed E-state index contributed by atoms with van der Waals surface area (Å²) >= 11 is 0. The predicted octanol–water partition coefficient (Wildman–Crippen LogP) is 4.49. The quantitative estimate of drug-likeness (QED) is 0.125. The lowest BCUT2D eigenvalue weighted by Gasteiger charge is -2.25. The fourth-order valence-electron chi connectivity index (χ4n) is 3.75. The molecule has 0 amide bonds. The van der Waals surface area contributed by atoms with Crippen LogP contribution in [-0.4, -0.2) is 64.4 Å². The largest absolute Gasteiger partial charge is 0.477 e. The maximum Gasteiger partial charge on any atom is 0.477 e. The van der Waals surface area contributed by atoms with Crippen LogP contribution in [0.2, 0.25) is 0 Å². The lowest BCUT2D eigenvalue weighted by atomic mass is 10.1. The van der Waals surface area contributed by atoms with Crippen molar-refractivity contribution >= 4 is 27.8 Å². The lowest BCUT2D eigenvalue weighted by molar-refractivity contribution is -0.126. The predicted molar refractivity (Wildman–Crippen MR) is 145 cm³/mol. The van der Waals surface area contributed by atoms with Gasteiger partial charge in [-0.25, -0.2) is 14.2 Å². The molecule has 1 saturated heterocycles. The zero-order valence-corrected chi connectivity index (χ0v) is 23.5. The highest BCUT2D eigenvalue weighted by Gasteiger charge is 2.51. The normalized spacial score (nSPS) is 21.0. The molecule has 39 heavy (non-hydrogen) atoms. The molecule has 2 aromatic rings. The first-order valence-corrected chi connectivity index (χ1v) is 14.6. The van der Waals surface area contributed by atoms with Crippen LogP contribution in [0.5, 0.6) is 0 Å². The van der Waals surface area contributed by atoms with Crippen LogP contribution < -0.4 is 0 Å². The summed E-state index contributed by atoms with van der Waals surface area (Å²) in [4.78, 5) is 25.5. The smallest absolute Gasteiger partial charge is 0.459 e. The Morgan fingerprint density at radius 2 is 1.38 bits per heavy atom. The standard InChI is InChI=1S/C27H36BO10P/c1-3-5-17-33-39(31,34-18-6-4-2)38-27-24(37-28)23(36-26(30)21-15-11-8-12-16-21)22(35-27)19-32-25(29)20-13-9-7-10-14-20/h7-16,22-24,27H,3-6,17-19,28H2,1-2H3. The molecule has 1 aliphatic heterocycles. The summed E-state index contributed by atoms with van der Waals surface area (Å²) in [5.74, 6) is -1.21. The Bertz CT molecular complexity index is 1060. The molecule has 10 nitrogen and oxygen atoms in total. The average molecular weight is 562 g/mol. The topological polar surface area (TPSA) is 116 Å². The van der Waals surface area contributed by atoms with Crippen LogP contribution in [0, 0.1) is 0 Å². The molecule has 0 bridgehead atoms. The molecule has 0 aromatic heterocycles. The van der Waals surface area contributed by atoms with Crippen LogP contribution in [-0.2, 0) is 37.0 Å². The van der Waals surface area contributed by atoms with Gasteiger partial charge in [-0.2, -0.15) is 0 Å².